The van der Waals surface area contributed by atoms with E-state index >= 15 is 4.39 Å². The minimum absolute atomic E-state index is 0.0107. The molecule has 0 unspecified atom stereocenters. The molecule has 0 aliphatic carbocycles. The van der Waals surface area contributed by atoms with E-state index in [0.717, 1.165) is 6.42 Å². The quantitative estimate of drug-likeness (QED) is 0.573. The van der Waals surface area contributed by atoms with Gasteiger partial charge in [0.05, 0.1) is 12.5 Å². The highest BCUT2D eigenvalue weighted by atomic mass is 35.5. The van der Waals surface area contributed by atoms with Crippen molar-refractivity contribution in [3.05, 3.63) is 34.6 Å². The molecular weight excluding hydrogens is 523 g/mol. The van der Waals surface area contributed by atoms with Gasteiger partial charge in [-0.2, -0.15) is 0 Å². The lowest BCUT2D eigenvalue weighted by molar-refractivity contribution is -0.147. The minimum Gasteiger partial charge on any atom is -0.380 e. The van der Waals surface area contributed by atoms with Gasteiger partial charge >= 0.3 is 0 Å². The van der Waals surface area contributed by atoms with Gasteiger partial charge in [-0.25, -0.2) is 4.39 Å². The van der Waals surface area contributed by atoms with Crippen molar-refractivity contribution in [2.75, 3.05) is 45.9 Å². The van der Waals surface area contributed by atoms with E-state index < -0.39 is 12.0 Å². The van der Waals surface area contributed by atoms with Crippen molar-refractivity contribution in [3.63, 3.8) is 0 Å². The topological polar surface area (TPSA) is 82.2 Å². The molecule has 0 saturated carbocycles. The number of halogens is 2. The zero-order chi connectivity index (χ0) is 28.5. The summed E-state index contributed by atoms with van der Waals surface area (Å²) in [4.78, 5) is 45.1. The molecule has 0 spiro atoms. The average Bonchev–Trinajstić information content (AvgIpc) is 3.52. The zero-order valence-electron chi connectivity index (χ0n) is 23.7. The molecule has 3 saturated heterocycles. The van der Waals surface area contributed by atoms with E-state index in [-0.39, 0.29) is 47.0 Å². The Morgan fingerprint density at radius 3 is 2.51 bits per heavy atom. The van der Waals surface area contributed by atoms with Crippen LogP contribution in [0, 0.1) is 17.2 Å². The first-order valence-electron chi connectivity index (χ1n) is 14.0. The number of nitrogens with zero attached hydrogens (tertiary/aromatic N) is 3. The van der Waals surface area contributed by atoms with E-state index in [1.54, 1.807) is 17.0 Å². The Bertz CT molecular complexity index is 1070. The van der Waals surface area contributed by atoms with Crippen LogP contribution in [0.5, 0.6) is 0 Å². The van der Waals surface area contributed by atoms with Crippen LogP contribution in [0.1, 0.15) is 58.9 Å². The molecule has 10 heteroatoms. The number of rotatable bonds is 6. The van der Waals surface area contributed by atoms with Gasteiger partial charge < -0.3 is 19.9 Å². The second kappa shape index (κ2) is 12.1. The molecule has 0 bridgehead atoms. The number of hydrogen-bond acceptors (Lipinski definition) is 5. The lowest BCUT2D eigenvalue weighted by atomic mass is 9.86. The second-order valence-corrected chi connectivity index (χ2v) is 13.0. The van der Waals surface area contributed by atoms with Gasteiger partial charge in [0.15, 0.2) is 0 Å². The molecule has 0 aromatic heterocycles. The molecule has 0 radical (unpaired) electrons. The van der Waals surface area contributed by atoms with Crippen molar-refractivity contribution < 1.29 is 23.5 Å². The van der Waals surface area contributed by atoms with Crippen molar-refractivity contribution in [2.45, 2.75) is 71.5 Å². The molecule has 39 heavy (non-hydrogen) atoms. The summed E-state index contributed by atoms with van der Waals surface area (Å²) in [6, 6.07) is 4.11. The van der Waals surface area contributed by atoms with Gasteiger partial charge in [-0.1, -0.05) is 38.4 Å². The monoisotopic (exact) mass is 564 g/mol. The summed E-state index contributed by atoms with van der Waals surface area (Å²) in [5.41, 5.74) is 0.373. The number of hydrogen-bond donors (Lipinski definition) is 1. The fourth-order valence-corrected chi connectivity index (χ4v) is 6.45. The fourth-order valence-electron chi connectivity index (χ4n) is 6.29. The van der Waals surface area contributed by atoms with Crippen LogP contribution in [0.3, 0.4) is 0 Å². The molecular formula is C29H42ClFN4O4. The minimum atomic E-state index is -0.605. The number of nitrogens with one attached hydrogen (secondary N) is 1. The normalized spacial score (nSPS) is 27.1. The Balaban J connectivity index is 1.49. The van der Waals surface area contributed by atoms with Gasteiger partial charge in [0.2, 0.25) is 17.7 Å². The maximum Gasteiger partial charge on any atom is 0.245 e. The molecule has 3 amide bonds. The van der Waals surface area contributed by atoms with Crippen LogP contribution in [0.25, 0.3) is 0 Å². The Labute approximate surface area is 236 Å². The number of ether oxygens (including phenoxy) is 1. The Morgan fingerprint density at radius 2 is 1.92 bits per heavy atom. The maximum atomic E-state index is 15.1. The van der Waals surface area contributed by atoms with Crippen molar-refractivity contribution >= 4 is 29.3 Å². The standard InChI is InChI=1S/C29H42ClFN4O4/c1-18-14-33(28(38)26(32-19(2)36)13-29(3,4)5)9-10-35(18)27(37)24-16-34(21-8-11-39-17-21)15-23(24)22-7-6-20(30)12-25(22)31/h6-7,12,18,21,23-24,26H,8-11,13-17H2,1-5H3,(H,32,36)/t18-,21+,23-,24+,26-/m0/s1. The Hall–Kier alpha value is -2.23. The van der Waals surface area contributed by atoms with E-state index in [0.29, 0.717) is 62.9 Å². The first kappa shape index (κ1) is 29.7. The molecule has 3 heterocycles. The summed E-state index contributed by atoms with van der Waals surface area (Å²) in [6.45, 7) is 13.1. The van der Waals surface area contributed by atoms with E-state index in [1.807, 2.05) is 32.6 Å². The summed E-state index contributed by atoms with van der Waals surface area (Å²) in [7, 11) is 0. The maximum absolute atomic E-state index is 15.1. The Kier molecular flexibility index (Phi) is 9.23. The highest BCUT2D eigenvalue weighted by Gasteiger charge is 2.45. The molecule has 1 aromatic carbocycles. The molecule has 3 aliphatic heterocycles. The lowest BCUT2D eigenvalue weighted by Gasteiger charge is -2.42. The van der Waals surface area contributed by atoms with Gasteiger partial charge in [-0.3, -0.25) is 19.3 Å². The largest absolute Gasteiger partial charge is 0.380 e. The van der Waals surface area contributed by atoms with Gasteiger partial charge in [0.25, 0.3) is 0 Å². The van der Waals surface area contributed by atoms with Gasteiger partial charge in [0.1, 0.15) is 11.9 Å². The Morgan fingerprint density at radius 1 is 1.18 bits per heavy atom. The van der Waals surface area contributed by atoms with Crippen LogP contribution >= 0.6 is 11.6 Å². The summed E-state index contributed by atoms with van der Waals surface area (Å²) in [6.07, 6.45) is 1.42. The molecule has 1 aromatic rings. The number of piperazine rings is 1. The summed E-state index contributed by atoms with van der Waals surface area (Å²) in [5.74, 6) is -1.45. The van der Waals surface area contributed by atoms with Crippen LogP contribution in [0.4, 0.5) is 4.39 Å². The first-order valence-corrected chi connectivity index (χ1v) is 14.3. The molecule has 216 valence electrons. The van der Waals surface area contributed by atoms with Crippen molar-refractivity contribution in [1.82, 2.24) is 20.0 Å². The molecule has 4 rings (SSSR count). The summed E-state index contributed by atoms with van der Waals surface area (Å²) in [5, 5.41) is 3.15. The lowest BCUT2D eigenvalue weighted by Crippen LogP contribution is -2.60. The molecule has 1 N–H and O–H groups in total. The van der Waals surface area contributed by atoms with Crippen LogP contribution < -0.4 is 5.32 Å². The van der Waals surface area contributed by atoms with E-state index in [1.165, 1.54) is 13.0 Å². The number of amides is 3. The average molecular weight is 565 g/mol. The molecule has 5 atom stereocenters. The molecule has 8 nitrogen and oxygen atoms in total. The zero-order valence-corrected chi connectivity index (χ0v) is 24.5. The van der Waals surface area contributed by atoms with Gasteiger partial charge in [-0.15, -0.1) is 0 Å². The number of carbonyl (C=O) groups excluding carboxylic acids is 3. The third-order valence-corrected chi connectivity index (χ3v) is 8.40. The van der Waals surface area contributed by atoms with Crippen LogP contribution in [0.15, 0.2) is 18.2 Å². The van der Waals surface area contributed by atoms with Crippen molar-refractivity contribution in [1.29, 1.82) is 0 Å². The highest BCUT2D eigenvalue weighted by Crippen LogP contribution is 2.38. The third kappa shape index (κ3) is 7.11. The van der Waals surface area contributed by atoms with E-state index in [4.69, 9.17) is 16.3 Å². The summed E-state index contributed by atoms with van der Waals surface area (Å²) < 4.78 is 20.7. The molecule has 3 aliphatic rings. The first-order chi connectivity index (χ1) is 18.3. The van der Waals surface area contributed by atoms with Crippen molar-refractivity contribution in [2.24, 2.45) is 11.3 Å². The number of carbonyl (C=O) groups is 3. The van der Waals surface area contributed by atoms with E-state index in [2.05, 4.69) is 10.2 Å². The summed E-state index contributed by atoms with van der Waals surface area (Å²) >= 11 is 6.02. The van der Waals surface area contributed by atoms with Crippen LogP contribution in [0.2, 0.25) is 5.02 Å². The van der Waals surface area contributed by atoms with E-state index in [9.17, 15) is 14.4 Å². The predicted octanol–water partition coefficient (Wildman–Crippen LogP) is 3.28. The predicted molar refractivity (Wildman–Crippen MR) is 148 cm³/mol. The van der Waals surface area contributed by atoms with Gasteiger partial charge in [0, 0.05) is 69.3 Å². The van der Waals surface area contributed by atoms with Crippen molar-refractivity contribution in [3.8, 4) is 0 Å². The SMILES string of the molecule is CC(=O)N[C@@H](CC(C)(C)C)C(=O)N1CCN(C(=O)[C@@H]2CN([C@@H]3CCOC3)C[C@H]2c2ccc(Cl)cc2F)[C@@H](C)C1. The smallest absolute Gasteiger partial charge is 0.245 e. The second-order valence-electron chi connectivity index (χ2n) is 12.5. The van der Waals surface area contributed by atoms with Crippen LogP contribution in [-0.4, -0.2) is 96.5 Å². The number of benzene rings is 1. The van der Waals surface area contributed by atoms with Gasteiger partial charge in [-0.05, 0) is 42.9 Å². The highest BCUT2D eigenvalue weighted by molar-refractivity contribution is 6.30. The number of likely N-dealkylation sites (tertiary alicyclic amines) is 1. The fraction of sp³-hybridized carbons (Fsp3) is 0.690. The third-order valence-electron chi connectivity index (χ3n) is 8.16. The van der Waals surface area contributed by atoms with Crippen LogP contribution in [-0.2, 0) is 19.1 Å². The molecule has 3 fully saturated rings.